The molecule has 0 unspecified atom stereocenters. The third-order valence-electron chi connectivity index (χ3n) is 5.62. The van der Waals surface area contributed by atoms with Crippen molar-refractivity contribution in [1.29, 1.82) is 0 Å². The number of rotatable bonds is 4. The number of alkyl halides is 6. The van der Waals surface area contributed by atoms with Crippen molar-refractivity contribution in [2.24, 2.45) is 0 Å². The van der Waals surface area contributed by atoms with Crippen molar-refractivity contribution in [3.05, 3.63) is 69.7 Å². The van der Waals surface area contributed by atoms with Crippen LogP contribution in [0.5, 0.6) is 0 Å². The molecule has 4 rings (SSSR count). The Morgan fingerprint density at radius 3 is 1.84 bits per heavy atom. The number of hydrogen-bond donors (Lipinski definition) is 0. The summed E-state index contributed by atoms with van der Waals surface area (Å²) in [5.41, 5.74) is -2.33. The topological polar surface area (TPSA) is 66.4 Å². The van der Waals surface area contributed by atoms with Crippen LogP contribution in [-0.4, -0.2) is 49.1 Å². The summed E-state index contributed by atoms with van der Waals surface area (Å²) < 4.78 is 106. The Morgan fingerprint density at radius 1 is 0.757 bits per heavy atom. The fourth-order valence-corrected chi connectivity index (χ4v) is 5.72. The second-order valence-corrected chi connectivity index (χ2v) is 10.8. The molecule has 2 aromatic carbocycles. The van der Waals surface area contributed by atoms with Crippen molar-refractivity contribution in [2.45, 2.75) is 17.2 Å². The number of halogens is 8. The largest absolute Gasteiger partial charge is 0.416 e. The van der Waals surface area contributed by atoms with E-state index in [1.807, 2.05) is 0 Å². The van der Waals surface area contributed by atoms with Crippen molar-refractivity contribution >= 4 is 39.0 Å². The van der Waals surface area contributed by atoms with E-state index in [1.54, 1.807) is 35.2 Å². The van der Waals surface area contributed by atoms with Crippen molar-refractivity contribution in [2.75, 3.05) is 31.1 Å². The molecule has 0 bridgehead atoms. The van der Waals surface area contributed by atoms with Crippen molar-refractivity contribution in [3.8, 4) is 11.3 Å². The number of benzene rings is 2. The van der Waals surface area contributed by atoms with Crippen LogP contribution in [0.2, 0.25) is 10.0 Å². The molecule has 0 saturated carbocycles. The maximum absolute atomic E-state index is 13.2. The lowest BCUT2D eigenvalue weighted by molar-refractivity contribution is -0.143. The molecule has 1 fully saturated rings. The quantitative estimate of drug-likeness (QED) is 0.352. The molecule has 198 valence electrons. The summed E-state index contributed by atoms with van der Waals surface area (Å²) in [6.07, 6.45) is -10.3. The molecule has 1 aromatic heterocycles. The van der Waals surface area contributed by atoms with E-state index in [1.165, 1.54) is 0 Å². The first-order chi connectivity index (χ1) is 17.2. The molecule has 3 aromatic rings. The van der Waals surface area contributed by atoms with Gasteiger partial charge in [-0.15, -0.1) is 10.2 Å². The fourth-order valence-electron chi connectivity index (χ4n) is 3.72. The van der Waals surface area contributed by atoms with Crippen LogP contribution in [0.25, 0.3) is 11.3 Å². The Hall–Kier alpha value is -2.61. The highest BCUT2D eigenvalue weighted by Gasteiger charge is 2.39. The van der Waals surface area contributed by atoms with E-state index in [0.29, 0.717) is 27.1 Å². The second kappa shape index (κ2) is 9.93. The highest BCUT2D eigenvalue weighted by molar-refractivity contribution is 7.89. The monoisotopic (exact) mass is 584 g/mol. The maximum atomic E-state index is 13.2. The molecule has 2 heterocycles. The Kier molecular flexibility index (Phi) is 7.36. The van der Waals surface area contributed by atoms with Crippen LogP contribution < -0.4 is 4.90 Å². The van der Waals surface area contributed by atoms with Gasteiger partial charge in [0.2, 0.25) is 10.0 Å². The first kappa shape index (κ1) is 27.4. The van der Waals surface area contributed by atoms with E-state index >= 15 is 0 Å². The maximum Gasteiger partial charge on any atom is 0.416 e. The van der Waals surface area contributed by atoms with Crippen LogP contribution in [0.1, 0.15) is 11.1 Å². The summed E-state index contributed by atoms with van der Waals surface area (Å²) in [6, 6.07) is 8.47. The summed E-state index contributed by atoms with van der Waals surface area (Å²) in [4.78, 5) is 0.617. The van der Waals surface area contributed by atoms with Crippen LogP contribution in [0.4, 0.5) is 32.2 Å². The minimum atomic E-state index is -5.16. The van der Waals surface area contributed by atoms with Gasteiger partial charge in [-0.25, -0.2) is 8.42 Å². The molecule has 0 atom stereocenters. The van der Waals surface area contributed by atoms with Gasteiger partial charge in [-0.2, -0.15) is 30.6 Å². The fraction of sp³-hybridized carbons (Fsp3) is 0.273. The van der Waals surface area contributed by atoms with E-state index < -0.39 is 38.4 Å². The normalized spacial score (nSPS) is 15.7. The predicted molar refractivity (Wildman–Crippen MR) is 125 cm³/mol. The standard InChI is InChI=1S/C22H16Cl2F6N4O2S/c23-15-1-2-17(18(24)12-15)19-3-4-20(32-31-19)33-5-7-34(8-6-33)37(35,36)16-10-13(21(25,26)27)9-14(11-16)22(28,29)30/h1-4,9-12H,5-8H2. The van der Waals surface area contributed by atoms with Gasteiger partial charge >= 0.3 is 12.4 Å². The first-order valence-electron chi connectivity index (χ1n) is 10.5. The zero-order valence-electron chi connectivity index (χ0n) is 18.5. The molecule has 37 heavy (non-hydrogen) atoms. The lowest BCUT2D eigenvalue weighted by atomic mass is 10.1. The summed E-state index contributed by atoms with van der Waals surface area (Å²) >= 11 is 12.1. The van der Waals surface area contributed by atoms with E-state index in [9.17, 15) is 34.8 Å². The van der Waals surface area contributed by atoms with Crippen LogP contribution in [0, 0.1) is 0 Å². The average Bonchev–Trinajstić information content (AvgIpc) is 2.83. The molecule has 1 aliphatic rings. The first-order valence-corrected chi connectivity index (χ1v) is 12.7. The third kappa shape index (κ3) is 5.95. The van der Waals surface area contributed by atoms with Gasteiger partial charge < -0.3 is 4.90 Å². The van der Waals surface area contributed by atoms with Crippen LogP contribution in [-0.2, 0) is 22.4 Å². The van der Waals surface area contributed by atoms with E-state index in [4.69, 9.17) is 23.2 Å². The zero-order valence-corrected chi connectivity index (χ0v) is 20.8. The van der Waals surface area contributed by atoms with Gasteiger partial charge in [-0.3, -0.25) is 0 Å². The van der Waals surface area contributed by atoms with Gasteiger partial charge in [-0.1, -0.05) is 23.2 Å². The van der Waals surface area contributed by atoms with Gasteiger partial charge in [-0.05, 0) is 48.5 Å². The highest BCUT2D eigenvalue weighted by atomic mass is 35.5. The van der Waals surface area contributed by atoms with E-state index in [-0.39, 0.29) is 44.4 Å². The molecule has 0 aliphatic carbocycles. The average molecular weight is 585 g/mol. The van der Waals surface area contributed by atoms with Gasteiger partial charge in [0.05, 0.1) is 26.7 Å². The van der Waals surface area contributed by atoms with Crippen LogP contribution in [0.3, 0.4) is 0 Å². The van der Waals surface area contributed by atoms with Crippen molar-refractivity contribution < 1.29 is 34.8 Å². The molecular formula is C22H16Cl2F6N4O2S. The van der Waals surface area contributed by atoms with Gasteiger partial charge in [0, 0.05) is 36.8 Å². The predicted octanol–water partition coefficient (Wildman–Crippen LogP) is 6.00. The Morgan fingerprint density at radius 2 is 1.35 bits per heavy atom. The number of hydrogen-bond acceptors (Lipinski definition) is 5. The number of sulfonamides is 1. The highest BCUT2D eigenvalue weighted by Crippen LogP contribution is 2.38. The lowest BCUT2D eigenvalue weighted by Gasteiger charge is -2.34. The summed E-state index contributed by atoms with van der Waals surface area (Å²) in [7, 11) is -4.64. The molecule has 6 nitrogen and oxygen atoms in total. The van der Waals surface area contributed by atoms with Crippen LogP contribution >= 0.6 is 23.2 Å². The number of aromatic nitrogens is 2. The van der Waals surface area contributed by atoms with Crippen molar-refractivity contribution in [3.63, 3.8) is 0 Å². The smallest absolute Gasteiger partial charge is 0.352 e. The van der Waals surface area contributed by atoms with Gasteiger partial charge in [0.25, 0.3) is 0 Å². The zero-order chi connectivity index (χ0) is 27.2. The molecule has 0 radical (unpaired) electrons. The third-order valence-corrected chi connectivity index (χ3v) is 8.04. The number of anilines is 1. The minimum absolute atomic E-state index is 0.0834. The van der Waals surface area contributed by atoms with Crippen molar-refractivity contribution in [1.82, 2.24) is 14.5 Å². The molecule has 1 aliphatic heterocycles. The van der Waals surface area contributed by atoms with E-state index in [0.717, 1.165) is 4.31 Å². The summed E-state index contributed by atoms with van der Waals surface area (Å²) in [5, 5.41) is 9.08. The lowest BCUT2D eigenvalue weighted by Crippen LogP contribution is -2.49. The Balaban J connectivity index is 1.52. The Labute approximate surface area is 217 Å². The molecule has 0 N–H and O–H groups in total. The molecule has 1 saturated heterocycles. The van der Waals surface area contributed by atoms with E-state index in [2.05, 4.69) is 10.2 Å². The van der Waals surface area contributed by atoms with Gasteiger partial charge in [0.15, 0.2) is 5.82 Å². The van der Waals surface area contributed by atoms with Crippen LogP contribution in [0.15, 0.2) is 53.4 Å². The number of piperazine rings is 1. The Bertz CT molecular complexity index is 1380. The molecular weight excluding hydrogens is 569 g/mol. The second-order valence-electron chi connectivity index (χ2n) is 8.03. The molecule has 0 spiro atoms. The summed E-state index contributed by atoms with van der Waals surface area (Å²) in [5.74, 6) is 0.407. The SMILES string of the molecule is O=S(=O)(c1cc(C(F)(F)F)cc(C(F)(F)F)c1)N1CCN(c2ccc(-c3ccc(Cl)cc3Cl)nn2)CC1. The number of nitrogens with zero attached hydrogens (tertiary/aromatic N) is 4. The van der Waals surface area contributed by atoms with Gasteiger partial charge in [0.1, 0.15) is 0 Å². The summed E-state index contributed by atoms with van der Waals surface area (Å²) in [6.45, 7) is -0.209. The minimum Gasteiger partial charge on any atom is -0.352 e. The molecule has 0 amide bonds. The molecule has 15 heteroatoms.